The molecule has 0 fully saturated rings. The van der Waals surface area contributed by atoms with Gasteiger partial charge in [0.2, 0.25) is 0 Å². The van der Waals surface area contributed by atoms with E-state index in [0.717, 1.165) is 66.9 Å². The third kappa shape index (κ3) is 5.43. The van der Waals surface area contributed by atoms with Crippen molar-refractivity contribution in [2.24, 2.45) is 0 Å². The predicted molar refractivity (Wildman–Crippen MR) is 180 cm³/mol. The van der Waals surface area contributed by atoms with E-state index in [1.165, 1.54) is 16.7 Å². The summed E-state index contributed by atoms with van der Waals surface area (Å²) in [4.78, 5) is 37.3. The second kappa shape index (κ2) is 12.5. The average Bonchev–Trinajstić information content (AvgIpc) is 3.62. The Morgan fingerprint density at radius 1 is 1.04 bits per heavy atom. The van der Waals surface area contributed by atoms with Crippen molar-refractivity contribution in [3.8, 4) is 17.1 Å². The highest BCUT2D eigenvalue weighted by Crippen LogP contribution is 2.42. The highest BCUT2D eigenvalue weighted by Gasteiger charge is 2.48. The number of benzene rings is 2. The maximum Gasteiger partial charge on any atom is 0.343 e. The Balaban J connectivity index is 1.19. The van der Waals surface area contributed by atoms with E-state index in [4.69, 9.17) is 14.5 Å². The van der Waals surface area contributed by atoms with Gasteiger partial charge in [-0.3, -0.25) is 14.6 Å². The molecule has 5 heterocycles. The van der Waals surface area contributed by atoms with Gasteiger partial charge < -0.3 is 24.5 Å². The van der Waals surface area contributed by atoms with E-state index in [0.29, 0.717) is 42.9 Å². The van der Waals surface area contributed by atoms with Crippen molar-refractivity contribution in [1.82, 2.24) is 24.7 Å². The lowest BCUT2D eigenvalue weighted by Gasteiger charge is -2.36. The van der Waals surface area contributed by atoms with Gasteiger partial charge in [0.1, 0.15) is 12.4 Å². The lowest BCUT2D eigenvalue weighted by atomic mass is 9.85. The number of phenols is 1. The lowest BCUT2D eigenvalue weighted by Crippen LogP contribution is -2.47. The van der Waals surface area contributed by atoms with Gasteiger partial charge in [0.05, 0.1) is 35.6 Å². The molecular formula is C37H43N5O5. The number of nitrogens with zero attached hydrogens (tertiary/aromatic N) is 4. The minimum Gasteiger partial charge on any atom is -0.508 e. The minimum atomic E-state index is -1.39. The van der Waals surface area contributed by atoms with Crippen molar-refractivity contribution in [3.05, 3.63) is 91.8 Å². The van der Waals surface area contributed by atoms with E-state index in [9.17, 15) is 14.7 Å². The second-order valence-corrected chi connectivity index (χ2v) is 13.0. The highest BCUT2D eigenvalue weighted by molar-refractivity contribution is 5.90. The van der Waals surface area contributed by atoms with Crippen LogP contribution in [0.3, 0.4) is 0 Å². The molecule has 10 heteroatoms. The van der Waals surface area contributed by atoms with Crippen LogP contribution in [0.4, 0.5) is 0 Å². The van der Waals surface area contributed by atoms with Crippen molar-refractivity contribution < 1.29 is 19.4 Å². The van der Waals surface area contributed by atoms with Gasteiger partial charge in [-0.25, -0.2) is 9.78 Å². The van der Waals surface area contributed by atoms with Gasteiger partial charge in [-0.1, -0.05) is 32.0 Å². The Morgan fingerprint density at radius 2 is 1.87 bits per heavy atom. The average molecular weight is 638 g/mol. The molecule has 0 radical (unpaired) electrons. The molecule has 2 aromatic carbocycles. The van der Waals surface area contributed by atoms with Crippen LogP contribution >= 0.6 is 0 Å². The van der Waals surface area contributed by atoms with Crippen LogP contribution in [0, 0.1) is 0 Å². The minimum absolute atomic E-state index is 0.0829. The van der Waals surface area contributed by atoms with E-state index in [1.54, 1.807) is 22.8 Å². The van der Waals surface area contributed by atoms with Crippen LogP contribution in [0.5, 0.6) is 5.75 Å². The highest BCUT2D eigenvalue weighted by atomic mass is 16.6. The number of aromatic nitrogens is 2. The van der Waals surface area contributed by atoms with E-state index in [-0.39, 0.29) is 17.9 Å². The number of aromatic hydroxyl groups is 1. The number of carbonyl (C=O) groups excluding carboxylic acids is 1. The van der Waals surface area contributed by atoms with E-state index in [2.05, 4.69) is 47.3 Å². The largest absolute Gasteiger partial charge is 0.508 e. The number of rotatable bonds is 11. The number of cyclic esters (lactones) is 1. The normalized spacial score (nSPS) is 18.4. The molecule has 7 rings (SSSR count). The number of ether oxygens (including phenoxy) is 2. The molecule has 4 aromatic rings. The number of fused-ring (bicyclic) bond motifs is 6. The summed E-state index contributed by atoms with van der Waals surface area (Å²) in [6, 6.07) is 13.9. The molecule has 0 saturated carbocycles. The summed E-state index contributed by atoms with van der Waals surface area (Å²) in [6.45, 7) is 9.53. The third-order valence-corrected chi connectivity index (χ3v) is 10.1. The van der Waals surface area contributed by atoms with Crippen molar-refractivity contribution in [2.75, 3.05) is 40.3 Å². The summed E-state index contributed by atoms with van der Waals surface area (Å²) in [6.07, 6.45) is 1.05. The standard InChI is InChI=1S/C37H43N5O5/c1-5-27-28-16-26(43)9-10-32(28)39-34-29(27)21-42-33(34)17-31-30(35(42)44)22-46-36(45)37(31,6-2)47-14-13-41(12-11-38-3)18-23-7-8-24-19-40(4)20-25(24)15-23/h7-10,15-17,38,43H,5-6,11-14,18-22H2,1-4H3. The number of phenolic OH excluding ortho intramolecular Hbond substituents is 1. The molecule has 1 atom stereocenters. The summed E-state index contributed by atoms with van der Waals surface area (Å²) in [5.41, 5.74) is 7.69. The van der Waals surface area contributed by atoms with Crippen LogP contribution in [-0.4, -0.2) is 70.8 Å². The zero-order chi connectivity index (χ0) is 32.9. The molecule has 10 nitrogen and oxygen atoms in total. The number of aryl methyl sites for hydroxylation is 1. The second-order valence-electron chi connectivity index (χ2n) is 13.0. The van der Waals surface area contributed by atoms with Gasteiger partial charge >= 0.3 is 5.97 Å². The van der Waals surface area contributed by atoms with Gasteiger partial charge in [-0.2, -0.15) is 0 Å². The summed E-state index contributed by atoms with van der Waals surface area (Å²) < 4.78 is 14.0. The number of pyridine rings is 2. The molecule has 3 aliphatic rings. The van der Waals surface area contributed by atoms with Crippen LogP contribution in [-0.2, 0) is 59.1 Å². The van der Waals surface area contributed by atoms with E-state index in [1.807, 2.05) is 20.0 Å². The monoisotopic (exact) mass is 637 g/mol. The number of hydrogen-bond donors (Lipinski definition) is 2. The SMILES string of the molecule is CCc1c2c(nc3ccc(O)cc13)-c1cc3c(c(=O)n1C2)COC(=O)C3(CC)OCCN(CCNC)Cc1ccc2c(c1)CN(C)C2. The Hall–Kier alpha value is -4.09. The van der Waals surface area contributed by atoms with Crippen LogP contribution in [0.2, 0.25) is 0 Å². The number of nitrogens with one attached hydrogen (secondary N) is 1. The fourth-order valence-corrected chi connectivity index (χ4v) is 7.64. The Labute approximate surface area is 274 Å². The smallest absolute Gasteiger partial charge is 0.343 e. The first-order chi connectivity index (χ1) is 22.8. The van der Waals surface area contributed by atoms with Crippen LogP contribution in [0.15, 0.2) is 47.3 Å². The first kappa shape index (κ1) is 31.5. The molecule has 1 unspecified atom stereocenters. The summed E-state index contributed by atoms with van der Waals surface area (Å²) >= 11 is 0. The molecule has 0 saturated heterocycles. The quantitative estimate of drug-likeness (QED) is 0.208. The van der Waals surface area contributed by atoms with Crippen molar-refractivity contribution in [3.63, 3.8) is 0 Å². The third-order valence-electron chi connectivity index (χ3n) is 10.1. The molecule has 0 spiro atoms. The zero-order valence-electron chi connectivity index (χ0n) is 27.7. The topological polar surface area (TPSA) is 109 Å². The molecule has 0 aliphatic carbocycles. The van der Waals surface area contributed by atoms with Gasteiger partial charge in [0, 0.05) is 55.8 Å². The molecule has 47 heavy (non-hydrogen) atoms. The number of hydrogen-bond acceptors (Lipinski definition) is 9. The van der Waals surface area contributed by atoms with Crippen LogP contribution < -0.4 is 10.9 Å². The van der Waals surface area contributed by atoms with Crippen LogP contribution in [0.25, 0.3) is 22.3 Å². The molecular weight excluding hydrogens is 594 g/mol. The van der Waals surface area contributed by atoms with E-state index >= 15 is 0 Å². The van der Waals surface area contributed by atoms with E-state index < -0.39 is 11.6 Å². The van der Waals surface area contributed by atoms with Crippen LogP contribution in [0.1, 0.15) is 59.2 Å². The summed E-state index contributed by atoms with van der Waals surface area (Å²) in [5, 5.41) is 14.3. The maximum absolute atomic E-state index is 14.1. The summed E-state index contributed by atoms with van der Waals surface area (Å²) in [7, 11) is 4.09. The molecule has 3 aliphatic heterocycles. The predicted octanol–water partition coefficient (Wildman–Crippen LogP) is 4.04. The zero-order valence-corrected chi connectivity index (χ0v) is 27.7. The Bertz CT molecular complexity index is 1940. The Morgan fingerprint density at radius 3 is 2.66 bits per heavy atom. The molecule has 2 N–H and O–H groups in total. The molecule has 0 bridgehead atoms. The van der Waals surface area contributed by atoms with Gasteiger partial charge in [0.15, 0.2) is 5.60 Å². The number of esters is 1. The molecule has 2 aromatic heterocycles. The maximum atomic E-state index is 14.1. The molecule has 246 valence electrons. The number of likely N-dealkylation sites (N-methyl/N-ethyl adjacent to an activating group) is 1. The van der Waals surface area contributed by atoms with Gasteiger partial charge in [-0.15, -0.1) is 0 Å². The van der Waals surface area contributed by atoms with Crippen molar-refractivity contribution in [2.45, 2.75) is 65.1 Å². The molecule has 0 amide bonds. The van der Waals surface area contributed by atoms with Crippen molar-refractivity contribution >= 4 is 16.9 Å². The Kier molecular flexibility index (Phi) is 8.38. The summed E-state index contributed by atoms with van der Waals surface area (Å²) in [5.74, 6) is -0.280. The first-order valence-corrected chi connectivity index (χ1v) is 16.7. The lowest BCUT2D eigenvalue weighted by molar-refractivity contribution is -0.181. The fraction of sp³-hybridized carbons (Fsp3) is 0.432. The first-order valence-electron chi connectivity index (χ1n) is 16.7. The van der Waals surface area contributed by atoms with Crippen molar-refractivity contribution in [1.29, 1.82) is 0 Å². The fourth-order valence-electron chi connectivity index (χ4n) is 7.64. The van der Waals surface area contributed by atoms with Gasteiger partial charge in [0.25, 0.3) is 5.56 Å². The van der Waals surface area contributed by atoms with Gasteiger partial charge in [-0.05, 0) is 73.5 Å². The number of carbonyl (C=O) groups is 1.